The fourth-order valence-electron chi connectivity index (χ4n) is 3.28. The van der Waals surface area contributed by atoms with Crippen LogP contribution < -0.4 is 5.32 Å². The van der Waals surface area contributed by atoms with Crippen LogP contribution in [0.3, 0.4) is 0 Å². The molecule has 1 aromatic carbocycles. The minimum absolute atomic E-state index is 0.0904. The van der Waals surface area contributed by atoms with E-state index in [2.05, 4.69) is 18.3 Å². The fraction of sp³-hybridized carbons (Fsp3) is 0.182. The Balaban J connectivity index is 1.86. The Kier molecular flexibility index (Phi) is 4.95. The molecule has 4 rings (SSSR count). The molecular formula is C22H21N3O3. The van der Waals surface area contributed by atoms with Gasteiger partial charge in [-0.25, -0.2) is 4.52 Å². The van der Waals surface area contributed by atoms with Gasteiger partial charge in [0, 0.05) is 23.4 Å². The number of nitrogens with one attached hydrogen (secondary N) is 1. The summed E-state index contributed by atoms with van der Waals surface area (Å²) >= 11 is 0. The number of aliphatic hydroxyl groups is 1. The third-order valence-corrected chi connectivity index (χ3v) is 4.67. The summed E-state index contributed by atoms with van der Waals surface area (Å²) in [7, 11) is 0. The van der Waals surface area contributed by atoms with E-state index in [1.54, 1.807) is 12.3 Å². The van der Waals surface area contributed by atoms with E-state index in [9.17, 15) is 4.79 Å². The Bertz CT molecular complexity index is 1110. The Morgan fingerprint density at radius 3 is 2.82 bits per heavy atom. The maximum atomic E-state index is 12.3. The zero-order valence-electron chi connectivity index (χ0n) is 15.6. The van der Waals surface area contributed by atoms with Crippen LogP contribution >= 0.6 is 0 Å². The summed E-state index contributed by atoms with van der Waals surface area (Å²) in [4.78, 5) is 12.3. The smallest absolute Gasteiger partial charge is 0.251 e. The Morgan fingerprint density at radius 1 is 1.18 bits per heavy atom. The molecule has 2 N–H and O–H groups in total. The molecule has 6 nitrogen and oxygen atoms in total. The zero-order valence-corrected chi connectivity index (χ0v) is 15.6. The van der Waals surface area contributed by atoms with Crippen LogP contribution in [-0.2, 0) is 6.42 Å². The summed E-state index contributed by atoms with van der Waals surface area (Å²) in [6.07, 6.45) is 2.48. The predicted octanol–water partition coefficient (Wildman–Crippen LogP) is 3.55. The molecule has 0 bridgehead atoms. The molecule has 6 heteroatoms. The molecule has 0 fully saturated rings. The van der Waals surface area contributed by atoms with Crippen molar-refractivity contribution in [1.29, 1.82) is 0 Å². The number of carbonyl (C=O) groups is 1. The number of furan rings is 1. The first kappa shape index (κ1) is 18.0. The van der Waals surface area contributed by atoms with Gasteiger partial charge in [-0.1, -0.05) is 19.1 Å². The fourth-order valence-corrected chi connectivity index (χ4v) is 3.28. The molecule has 0 saturated carbocycles. The van der Waals surface area contributed by atoms with Crippen LogP contribution in [0.2, 0.25) is 0 Å². The Labute approximate surface area is 162 Å². The minimum atomic E-state index is -0.211. The van der Waals surface area contributed by atoms with Crippen LogP contribution in [0.25, 0.3) is 28.1 Å². The summed E-state index contributed by atoms with van der Waals surface area (Å²) in [6.45, 7) is 2.23. The van der Waals surface area contributed by atoms with Gasteiger partial charge >= 0.3 is 0 Å². The van der Waals surface area contributed by atoms with Crippen molar-refractivity contribution >= 4 is 11.4 Å². The van der Waals surface area contributed by atoms with Crippen molar-refractivity contribution in [2.75, 3.05) is 13.2 Å². The first-order valence-corrected chi connectivity index (χ1v) is 9.26. The van der Waals surface area contributed by atoms with Crippen LogP contribution in [0, 0.1) is 0 Å². The summed E-state index contributed by atoms with van der Waals surface area (Å²) in [5.41, 5.74) is 5.23. The highest BCUT2D eigenvalue weighted by Crippen LogP contribution is 2.31. The summed E-state index contributed by atoms with van der Waals surface area (Å²) in [5.74, 6) is 0.479. The molecule has 0 radical (unpaired) electrons. The number of rotatable bonds is 6. The third kappa shape index (κ3) is 3.30. The van der Waals surface area contributed by atoms with Crippen molar-refractivity contribution in [2.45, 2.75) is 13.3 Å². The number of benzene rings is 1. The SMILES string of the molecule is CCc1ccc2c(-c3cccc(C(=O)NCCO)c3)cc(-c3ccco3)nn12. The minimum Gasteiger partial charge on any atom is -0.463 e. The predicted molar refractivity (Wildman–Crippen MR) is 107 cm³/mol. The lowest BCUT2D eigenvalue weighted by atomic mass is 10.0. The van der Waals surface area contributed by atoms with E-state index in [0.29, 0.717) is 11.3 Å². The van der Waals surface area contributed by atoms with Crippen LogP contribution in [0.1, 0.15) is 23.0 Å². The standard InChI is InChI=1S/C22H21N3O3/c1-2-17-8-9-20-18(14-19(24-25(17)20)21-7-4-12-28-21)15-5-3-6-16(13-15)22(27)23-10-11-26/h3-9,12-14,26H,2,10-11H2,1H3,(H,23,27). The van der Waals surface area contributed by atoms with Gasteiger partial charge in [0.05, 0.1) is 18.4 Å². The van der Waals surface area contributed by atoms with Gasteiger partial charge in [-0.3, -0.25) is 4.79 Å². The van der Waals surface area contributed by atoms with Gasteiger partial charge in [0.2, 0.25) is 0 Å². The molecule has 142 valence electrons. The van der Waals surface area contributed by atoms with Crippen molar-refractivity contribution in [3.05, 3.63) is 72.1 Å². The third-order valence-electron chi connectivity index (χ3n) is 4.67. The van der Waals surface area contributed by atoms with Crippen LogP contribution in [0.5, 0.6) is 0 Å². The maximum Gasteiger partial charge on any atom is 0.251 e. The molecule has 0 aliphatic heterocycles. The number of fused-ring (bicyclic) bond motifs is 1. The van der Waals surface area contributed by atoms with E-state index >= 15 is 0 Å². The number of amides is 1. The Hall–Kier alpha value is -3.38. The molecule has 0 spiro atoms. The van der Waals surface area contributed by atoms with Crippen molar-refractivity contribution in [3.8, 4) is 22.6 Å². The second-order valence-electron chi connectivity index (χ2n) is 6.46. The molecule has 28 heavy (non-hydrogen) atoms. The summed E-state index contributed by atoms with van der Waals surface area (Å²) in [6, 6.07) is 17.3. The zero-order chi connectivity index (χ0) is 19.5. The second-order valence-corrected chi connectivity index (χ2v) is 6.46. The maximum absolute atomic E-state index is 12.3. The van der Waals surface area contributed by atoms with Gasteiger partial charge in [-0.2, -0.15) is 5.10 Å². The van der Waals surface area contributed by atoms with Crippen molar-refractivity contribution < 1.29 is 14.3 Å². The molecule has 0 saturated heterocycles. The van der Waals surface area contributed by atoms with E-state index in [4.69, 9.17) is 14.6 Å². The van der Waals surface area contributed by atoms with Crippen LogP contribution in [-0.4, -0.2) is 33.8 Å². The van der Waals surface area contributed by atoms with Crippen molar-refractivity contribution in [1.82, 2.24) is 14.9 Å². The largest absolute Gasteiger partial charge is 0.463 e. The first-order chi connectivity index (χ1) is 13.7. The van der Waals surface area contributed by atoms with Crippen molar-refractivity contribution in [3.63, 3.8) is 0 Å². The summed E-state index contributed by atoms with van der Waals surface area (Å²) < 4.78 is 7.49. The highest BCUT2D eigenvalue weighted by molar-refractivity contribution is 5.96. The number of aromatic nitrogens is 2. The van der Waals surface area contributed by atoms with E-state index < -0.39 is 0 Å². The molecular weight excluding hydrogens is 354 g/mol. The quantitative estimate of drug-likeness (QED) is 0.540. The molecule has 3 aromatic heterocycles. The van der Waals surface area contributed by atoms with Gasteiger partial charge < -0.3 is 14.8 Å². The number of hydrogen-bond donors (Lipinski definition) is 2. The van der Waals surface area contributed by atoms with E-state index in [0.717, 1.165) is 34.5 Å². The lowest BCUT2D eigenvalue weighted by Crippen LogP contribution is -2.26. The van der Waals surface area contributed by atoms with Gasteiger partial charge in [-0.05, 0) is 54.4 Å². The highest BCUT2D eigenvalue weighted by atomic mass is 16.3. The number of hydrogen-bond acceptors (Lipinski definition) is 4. The van der Waals surface area contributed by atoms with E-state index in [-0.39, 0.29) is 19.1 Å². The topological polar surface area (TPSA) is 79.8 Å². The van der Waals surface area contributed by atoms with Crippen molar-refractivity contribution in [2.24, 2.45) is 0 Å². The van der Waals surface area contributed by atoms with Crippen LogP contribution in [0.4, 0.5) is 0 Å². The highest BCUT2D eigenvalue weighted by Gasteiger charge is 2.15. The van der Waals surface area contributed by atoms with Gasteiger partial charge in [0.25, 0.3) is 5.91 Å². The monoisotopic (exact) mass is 375 g/mol. The van der Waals surface area contributed by atoms with E-state index in [1.807, 2.05) is 47.0 Å². The number of aliphatic hydroxyl groups excluding tert-OH is 1. The molecule has 4 aromatic rings. The Morgan fingerprint density at radius 2 is 2.07 bits per heavy atom. The second kappa shape index (κ2) is 7.70. The molecule has 1 amide bonds. The number of aryl methyl sites for hydroxylation is 1. The lowest BCUT2D eigenvalue weighted by Gasteiger charge is -2.10. The van der Waals surface area contributed by atoms with Gasteiger partial charge in [0.1, 0.15) is 5.69 Å². The molecule has 0 unspecified atom stereocenters. The summed E-state index contributed by atoms with van der Waals surface area (Å²) in [5, 5.41) is 16.4. The average Bonchev–Trinajstić information content (AvgIpc) is 3.41. The first-order valence-electron chi connectivity index (χ1n) is 9.26. The molecule has 0 aliphatic rings. The van der Waals surface area contributed by atoms with Gasteiger partial charge in [0.15, 0.2) is 5.76 Å². The molecule has 0 atom stereocenters. The molecule has 3 heterocycles. The lowest BCUT2D eigenvalue weighted by molar-refractivity contribution is 0.0945. The normalized spacial score (nSPS) is 11.1. The number of nitrogens with zero attached hydrogens (tertiary/aromatic N) is 2. The molecule has 0 aliphatic carbocycles. The van der Waals surface area contributed by atoms with Gasteiger partial charge in [-0.15, -0.1) is 0 Å². The van der Waals surface area contributed by atoms with E-state index in [1.165, 1.54) is 0 Å². The average molecular weight is 375 g/mol. The van der Waals surface area contributed by atoms with Crippen LogP contribution in [0.15, 0.2) is 65.3 Å². The number of carbonyl (C=O) groups excluding carboxylic acids is 1.